The quantitative estimate of drug-likeness (QED) is 0.414. The van der Waals surface area contributed by atoms with E-state index >= 15 is 0 Å². The van der Waals surface area contributed by atoms with Crippen molar-refractivity contribution < 1.29 is 4.39 Å². The van der Waals surface area contributed by atoms with Gasteiger partial charge in [0.05, 0.1) is 34.8 Å². The lowest BCUT2D eigenvalue weighted by Gasteiger charge is -2.02. The van der Waals surface area contributed by atoms with Gasteiger partial charge in [-0.15, -0.1) is 0 Å². The molecule has 6 aromatic rings. The van der Waals surface area contributed by atoms with E-state index in [1.807, 2.05) is 30.3 Å². The zero-order valence-electron chi connectivity index (χ0n) is 16.2. The lowest BCUT2D eigenvalue weighted by Crippen LogP contribution is -1.85. The summed E-state index contributed by atoms with van der Waals surface area (Å²) in [6, 6.07) is 14.4. The van der Waals surface area contributed by atoms with Crippen LogP contribution in [0.2, 0.25) is 0 Å². The van der Waals surface area contributed by atoms with Crippen LogP contribution in [0.3, 0.4) is 0 Å². The van der Waals surface area contributed by atoms with E-state index in [-0.39, 0.29) is 5.82 Å². The minimum atomic E-state index is -0.279. The van der Waals surface area contributed by atoms with E-state index in [4.69, 9.17) is 0 Å². The van der Waals surface area contributed by atoms with Gasteiger partial charge in [-0.1, -0.05) is 12.1 Å². The predicted octanol–water partition coefficient (Wildman–Crippen LogP) is 5.37. The third-order valence-electron chi connectivity index (χ3n) is 5.34. The van der Waals surface area contributed by atoms with Gasteiger partial charge in [-0.25, -0.2) is 4.39 Å². The van der Waals surface area contributed by atoms with Crippen molar-refractivity contribution in [1.82, 2.24) is 30.1 Å². The van der Waals surface area contributed by atoms with Crippen LogP contribution in [0, 0.1) is 5.82 Å². The first-order valence-corrected chi connectivity index (χ1v) is 9.74. The predicted molar refractivity (Wildman–Crippen MR) is 118 cm³/mol. The summed E-state index contributed by atoms with van der Waals surface area (Å²) in [6.07, 6.45) is 8.81. The van der Waals surface area contributed by atoms with E-state index in [1.165, 1.54) is 12.1 Å². The molecule has 6 nitrogen and oxygen atoms in total. The fourth-order valence-corrected chi connectivity index (χ4v) is 3.86. The van der Waals surface area contributed by atoms with E-state index in [0.29, 0.717) is 0 Å². The molecule has 148 valence electrons. The average Bonchev–Trinajstić information content (AvgIpc) is 3.43. The maximum atomic E-state index is 13.8. The molecule has 0 aliphatic heterocycles. The molecule has 0 saturated heterocycles. The molecule has 7 heteroatoms. The second kappa shape index (κ2) is 6.84. The fourth-order valence-electron chi connectivity index (χ4n) is 3.86. The van der Waals surface area contributed by atoms with Gasteiger partial charge in [0.15, 0.2) is 0 Å². The molecule has 0 spiro atoms. The van der Waals surface area contributed by atoms with Gasteiger partial charge in [0.2, 0.25) is 0 Å². The third-order valence-corrected chi connectivity index (χ3v) is 5.34. The van der Waals surface area contributed by atoms with E-state index in [9.17, 15) is 4.39 Å². The lowest BCUT2D eigenvalue weighted by atomic mass is 10.0. The van der Waals surface area contributed by atoms with E-state index in [0.717, 1.165) is 55.6 Å². The van der Waals surface area contributed by atoms with Crippen LogP contribution in [0.15, 0.2) is 79.5 Å². The Morgan fingerprint density at radius 2 is 1.71 bits per heavy atom. The topological polar surface area (TPSA) is 83.1 Å². The second-order valence-corrected chi connectivity index (χ2v) is 7.27. The number of benzene rings is 1. The number of hydrogen-bond donors (Lipinski definition) is 2. The van der Waals surface area contributed by atoms with E-state index in [2.05, 4.69) is 30.1 Å². The lowest BCUT2D eigenvalue weighted by molar-refractivity contribution is 0.628. The minimum Gasteiger partial charge on any atom is -0.352 e. The highest BCUT2D eigenvalue weighted by molar-refractivity contribution is 6.01. The van der Waals surface area contributed by atoms with Gasteiger partial charge in [0.1, 0.15) is 11.5 Å². The summed E-state index contributed by atoms with van der Waals surface area (Å²) in [6.45, 7) is 0. The molecular formula is C24H15FN6. The standard InChI is InChI=1S/C24H15FN6/c25-16-5-1-3-14(7-16)19-11-27-12-22-17(19)8-21(29-22)24-18-9-20(15-4-2-6-26-10-15)28-13-23(18)30-31-24/h1-13,29H,(H,30,31). The Kier molecular flexibility index (Phi) is 3.86. The second-order valence-electron chi connectivity index (χ2n) is 7.27. The molecule has 0 aliphatic carbocycles. The van der Waals surface area contributed by atoms with Crippen molar-refractivity contribution in [2.75, 3.05) is 0 Å². The number of hydrogen-bond acceptors (Lipinski definition) is 4. The van der Waals surface area contributed by atoms with E-state index in [1.54, 1.807) is 37.1 Å². The van der Waals surface area contributed by atoms with Crippen molar-refractivity contribution in [1.29, 1.82) is 0 Å². The summed E-state index contributed by atoms with van der Waals surface area (Å²) in [5, 5.41) is 9.47. The maximum absolute atomic E-state index is 13.8. The van der Waals surface area contributed by atoms with Crippen LogP contribution in [-0.2, 0) is 0 Å². The molecular weight excluding hydrogens is 391 g/mol. The first-order chi connectivity index (χ1) is 15.3. The van der Waals surface area contributed by atoms with Gasteiger partial charge in [-0.3, -0.25) is 20.1 Å². The monoisotopic (exact) mass is 406 g/mol. The zero-order valence-corrected chi connectivity index (χ0v) is 16.2. The van der Waals surface area contributed by atoms with Crippen molar-refractivity contribution in [3.8, 4) is 33.8 Å². The summed E-state index contributed by atoms with van der Waals surface area (Å²) in [5.41, 5.74) is 6.71. The SMILES string of the molecule is Fc1cccc(-c2cncc3[nH]c(-c4n[nH]c5cnc(-c6cccnc6)cc45)cc23)c1. The van der Waals surface area contributed by atoms with Crippen LogP contribution < -0.4 is 0 Å². The Bertz CT molecular complexity index is 1550. The molecule has 31 heavy (non-hydrogen) atoms. The summed E-state index contributed by atoms with van der Waals surface area (Å²) in [4.78, 5) is 16.4. The van der Waals surface area contributed by atoms with Crippen molar-refractivity contribution in [3.63, 3.8) is 0 Å². The molecule has 0 aliphatic rings. The Hall–Kier alpha value is -4.39. The molecule has 0 radical (unpaired) electrons. The van der Waals surface area contributed by atoms with Crippen LogP contribution in [-0.4, -0.2) is 30.1 Å². The average molecular weight is 406 g/mol. The van der Waals surface area contributed by atoms with Crippen molar-refractivity contribution >= 4 is 21.8 Å². The van der Waals surface area contributed by atoms with Crippen LogP contribution in [0.1, 0.15) is 0 Å². The van der Waals surface area contributed by atoms with E-state index < -0.39 is 0 Å². The summed E-state index contributed by atoms with van der Waals surface area (Å²) >= 11 is 0. The van der Waals surface area contributed by atoms with Crippen LogP contribution in [0.5, 0.6) is 0 Å². The van der Waals surface area contributed by atoms with Crippen molar-refractivity contribution in [2.45, 2.75) is 0 Å². The first kappa shape index (κ1) is 17.5. The number of aromatic nitrogens is 6. The largest absolute Gasteiger partial charge is 0.352 e. The van der Waals surface area contributed by atoms with Crippen LogP contribution >= 0.6 is 0 Å². The molecule has 0 atom stereocenters. The summed E-state index contributed by atoms with van der Waals surface area (Å²) < 4.78 is 13.8. The number of nitrogens with zero attached hydrogens (tertiary/aromatic N) is 4. The normalized spacial score (nSPS) is 11.4. The Morgan fingerprint density at radius 1 is 0.774 bits per heavy atom. The summed E-state index contributed by atoms with van der Waals surface area (Å²) in [7, 11) is 0. The number of rotatable bonds is 3. The van der Waals surface area contributed by atoms with Gasteiger partial charge in [0, 0.05) is 40.5 Å². The van der Waals surface area contributed by atoms with Crippen molar-refractivity contribution in [3.05, 3.63) is 85.3 Å². The molecule has 5 aromatic heterocycles. The molecule has 0 amide bonds. The van der Waals surface area contributed by atoms with Crippen LogP contribution in [0.25, 0.3) is 55.6 Å². The third kappa shape index (κ3) is 2.95. The van der Waals surface area contributed by atoms with Gasteiger partial charge < -0.3 is 4.98 Å². The minimum absolute atomic E-state index is 0.279. The molecule has 0 saturated carbocycles. The highest BCUT2D eigenvalue weighted by atomic mass is 19.1. The molecule has 2 N–H and O–H groups in total. The summed E-state index contributed by atoms with van der Waals surface area (Å²) in [5.74, 6) is -0.279. The number of fused-ring (bicyclic) bond motifs is 2. The van der Waals surface area contributed by atoms with Crippen LogP contribution in [0.4, 0.5) is 4.39 Å². The maximum Gasteiger partial charge on any atom is 0.123 e. The Balaban J connectivity index is 1.52. The smallest absolute Gasteiger partial charge is 0.123 e. The highest BCUT2D eigenvalue weighted by Gasteiger charge is 2.15. The van der Waals surface area contributed by atoms with Gasteiger partial charge >= 0.3 is 0 Å². The number of H-pyrrole nitrogens is 2. The molecule has 0 bridgehead atoms. The van der Waals surface area contributed by atoms with Gasteiger partial charge in [-0.2, -0.15) is 5.10 Å². The molecule has 6 rings (SSSR count). The highest BCUT2D eigenvalue weighted by Crippen LogP contribution is 2.34. The molecule has 0 fully saturated rings. The first-order valence-electron chi connectivity index (χ1n) is 9.74. The van der Waals surface area contributed by atoms with Gasteiger partial charge in [0.25, 0.3) is 0 Å². The Morgan fingerprint density at radius 3 is 2.58 bits per heavy atom. The molecule has 1 aromatic carbocycles. The fraction of sp³-hybridized carbons (Fsp3) is 0. The van der Waals surface area contributed by atoms with Gasteiger partial charge in [-0.05, 0) is 42.0 Å². The molecule has 0 unspecified atom stereocenters. The molecule has 5 heterocycles. The number of aromatic amines is 2. The van der Waals surface area contributed by atoms with Crippen molar-refractivity contribution in [2.24, 2.45) is 0 Å². The number of halogens is 1. The Labute approximate surface area is 175 Å². The number of nitrogens with one attached hydrogen (secondary N) is 2. The number of pyridine rings is 3. The zero-order chi connectivity index (χ0) is 20.8.